The number of aromatic nitrogens is 1. The molecule has 0 bridgehead atoms. The molecular weight excluding hydrogens is 258 g/mol. The third kappa shape index (κ3) is 3.99. The Kier molecular flexibility index (Phi) is 4.17. The lowest BCUT2D eigenvalue weighted by molar-refractivity contribution is -0.0707. The van der Waals surface area contributed by atoms with Crippen molar-refractivity contribution in [1.82, 2.24) is 15.2 Å². The van der Waals surface area contributed by atoms with E-state index in [0.29, 0.717) is 12.2 Å². The molecule has 4 nitrogen and oxygen atoms in total. The maximum Gasteiger partial charge on any atom is 0.107 e. The Hall–Kier alpha value is -0.490. The number of ether oxygens (including phenoxy) is 1. The maximum absolute atomic E-state index is 5.76. The number of hydrogen-bond acceptors (Lipinski definition) is 5. The highest BCUT2D eigenvalue weighted by atomic mass is 32.1. The number of nitrogens with zero attached hydrogens (tertiary/aromatic N) is 2. The van der Waals surface area contributed by atoms with E-state index >= 15 is 0 Å². The van der Waals surface area contributed by atoms with Crippen LogP contribution < -0.4 is 5.32 Å². The van der Waals surface area contributed by atoms with Crippen LogP contribution in [0.25, 0.3) is 0 Å². The summed E-state index contributed by atoms with van der Waals surface area (Å²) in [6.45, 7) is 8.21. The van der Waals surface area contributed by atoms with Gasteiger partial charge in [0.1, 0.15) is 5.01 Å². The fourth-order valence-electron chi connectivity index (χ4n) is 2.66. The second kappa shape index (κ2) is 5.87. The summed E-state index contributed by atoms with van der Waals surface area (Å²) >= 11 is 1.78. The van der Waals surface area contributed by atoms with Crippen molar-refractivity contribution in [1.29, 1.82) is 0 Å². The zero-order valence-electron chi connectivity index (χ0n) is 11.8. The molecule has 1 aliphatic heterocycles. The highest BCUT2D eigenvalue weighted by Gasteiger charge is 2.23. The molecule has 1 aromatic rings. The Bertz CT molecular complexity index is 409. The van der Waals surface area contributed by atoms with Crippen molar-refractivity contribution in [2.24, 2.45) is 0 Å². The largest absolute Gasteiger partial charge is 0.373 e. The van der Waals surface area contributed by atoms with Gasteiger partial charge in [-0.25, -0.2) is 4.98 Å². The van der Waals surface area contributed by atoms with Crippen LogP contribution in [0.15, 0.2) is 5.38 Å². The molecule has 1 saturated heterocycles. The summed E-state index contributed by atoms with van der Waals surface area (Å²) in [6.07, 6.45) is 3.33. The molecule has 0 spiro atoms. The monoisotopic (exact) mass is 281 g/mol. The van der Waals surface area contributed by atoms with E-state index in [2.05, 4.69) is 29.4 Å². The van der Waals surface area contributed by atoms with E-state index in [-0.39, 0.29) is 0 Å². The predicted molar refractivity (Wildman–Crippen MR) is 77.3 cm³/mol. The van der Waals surface area contributed by atoms with Gasteiger partial charge in [0.2, 0.25) is 0 Å². The molecule has 1 aliphatic carbocycles. The molecule has 1 N–H and O–H groups in total. The zero-order chi connectivity index (χ0) is 13.2. The van der Waals surface area contributed by atoms with E-state index in [1.807, 2.05) is 0 Å². The van der Waals surface area contributed by atoms with Crippen LogP contribution >= 0.6 is 11.3 Å². The molecule has 5 heteroatoms. The molecule has 3 rings (SSSR count). The third-order valence-electron chi connectivity index (χ3n) is 3.60. The molecule has 2 fully saturated rings. The van der Waals surface area contributed by atoms with Crippen molar-refractivity contribution in [2.75, 3.05) is 13.1 Å². The molecule has 0 aromatic carbocycles. The van der Waals surface area contributed by atoms with Gasteiger partial charge in [0.15, 0.2) is 0 Å². The van der Waals surface area contributed by atoms with E-state index in [1.54, 1.807) is 11.3 Å². The van der Waals surface area contributed by atoms with E-state index in [4.69, 9.17) is 9.72 Å². The van der Waals surface area contributed by atoms with Gasteiger partial charge in [0.05, 0.1) is 17.9 Å². The van der Waals surface area contributed by atoms with Gasteiger partial charge in [-0.2, -0.15) is 0 Å². The van der Waals surface area contributed by atoms with Crippen molar-refractivity contribution in [3.8, 4) is 0 Å². The van der Waals surface area contributed by atoms with Gasteiger partial charge in [0, 0.05) is 37.6 Å². The SMILES string of the molecule is CC1CN(Cc2csc(CNC3CC3)n2)CC(C)O1. The first-order valence-electron chi connectivity index (χ1n) is 7.23. The Balaban J connectivity index is 1.51. The van der Waals surface area contributed by atoms with Crippen LogP contribution in [0.1, 0.15) is 37.4 Å². The van der Waals surface area contributed by atoms with Gasteiger partial charge in [-0.3, -0.25) is 4.90 Å². The predicted octanol–water partition coefficient (Wildman–Crippen LogP) is 2.00. The first-order valence-corrected chi connectivity index (χ1v) is 8.11. The van der Waals surface area contributed by atoms with E-state index < -0.39 is 0 Å². The second-order valence-electron chi connectivity index (χ2n) is 5.84. The average molecular weight is 281 g/mol. The zero-order valence-corrected chi connectivity index (χ0v) is 12.6. The highest BCUT2D eigenvalue weighted by Crippen LogP contribution is 2.20. The van der Waals surface area contributed by atoms with Gasteiger partial charge in [-0.05, 0) is 26.7 Å². The molecule has 0 amide bonds. The lowest BCUT2D eigenvalue weighted by Gasteiger charge is -2.34. The normalized spacial score (nSPS) is 28.7. The van der Waals surface area contributed by atoms with Crippen molar-refractivity contribution < 1.29 is 4.74 Å². The van der Waals surface area contributed by atoms with Crippen LogP contribution in [-0.4, -0.2) is 41.2 Å². The summed E-state index contributed by atoms with van der Waals surface area (Å²) in [6, 6.07) is 0.758. The fraction of sp³-hybridized carbons (Fsp3) is 0.786. The van der Waals surface area contributed by atoms with Crippen molar-refractivity contribution in [3.63, 3.8) is 0 Å². The molecule has 2 unspecified atom stereocenters. The lowest BCUT2D eigenvalue weighted by Crippen LogP contribution is -2.44. The fourth-order valence-corrected chi connectivity index (χ4v) is 3.40. The average Bonchev–Trinajstić information content (AvgIpc) is 3.06. The molecule has 106 valence electrons. The Morgan fingerprint density at radius 2 is 2.11 bits per heavy atom. The number of hydrogen-bond donors (Lipinski definition) is 1. The summed E-state index contributed by atoms with van der Waals surface area (Å²) in [7, 11) is 0. The molecule has 2 atom stereocenters. The number of morpholine rings is 1. The highest BCUT2D eigenvalue weighted by molar-refractivity contribution is 7.09. The molecule has 2 heterocycles. The summed E-state index contributed by atoms with van der Waals surface area (Å²) in [5.41, 5.74) is 1.21. The molecule has 1 saturated carbocycles. The summed E-state index contributed by atoms with van der Waals surface area (Å²) in [5, 5.41) is 6.94. The quantitative estimate of drug-likeness (QED) is 0.896. The topological polar surface area (TPSA) is 37.4 Å². The van der Waals surface area contributed by atoms with Gasteiger partial charge in [-0.15, -0.1) is 11.3 Å². The van der Waals surface area contributed by atoms with Crippen LogP contribution in [0.4, 0.5) is 0 Å². The van der Waals surface area contributed by atoms with Gasteiger partial charge in [-0.1, -0.05) is 0 Å². The van der Waals surface area contributed by atoms with E-state index in [9.17, 15) is 0 Å². The number of thiazole rings is 1. The smallest absolute Gasteiger partial charge is 0.107 e. The first kappa shape index (κ1) is 13.5. The minimum absolute atomic E-state index is 0.332. The van der Waals surface area contributed by atoms with Crippen molar-refractivity contribution in [2.45, 2.75) is 58.0 Å². The van der Waals surface area contributed by atoms with Gasteiger partial charge >= 0.3 is 0 Å². The van der Waals surface area contributed by atoms with Crippen LogP contribution in [0, 0.1) is 0 Å². The van der Waals surface area contributed by atoms with Crippen LogP contribution in [0.2, 0.25) is 0 Å². The standard InChI is InChI=1S/C14H23N3OS/c1-10-6-17(7-11(2)18-10)8-13-9-19-14(16-13)5-15-12-3-4-12/h9-12,15H,3-8H2,1-2H3. The number of nitrogens with one attached hydrogen (secondary N) is 1. The minimum atomic E-state index is 0.332. The minimum Gasteiger partial charge on any atom is -0.373 e. The van der Waals surface area contributed by atoms with Crippen molar-refractivity contribution >= 4 is 11.3 Å². The summed E-state index contributed by atoms with van der Waals surface area (Å²) in [4.78, 5) is 7.18. The van der Waals surface area contributed by atoms with Gasteiger partial charge in [0.25, 0.3) is 0 Å². The summed E-state index contributed by atoms with van der Waals surface area (Å²) in [5.74, 6) is 0. The Morgan fingerprint density at radius 1 is 1.37 bits per heavy atom. The molecule has 0 radical (unpaired) electrons. The van der Waals surface area contributed by atoms with Crippen LogP contribution in [-0.2, 0) is 17.8 Å². The maximum atomic E-state index is 5.76. The van der Waals surface area contributed by atoms with Crippen LogP contribution in [0.5, 0.6) is 0 Å². The Labute approximate surface area is 119 Å². The van der Waals surface area contributed by atoms with E-state index in [0.717, 1.165) is 32.2 Å². The lowest BCUT2D eigenvalue weighted by atomic mass is 10.2. The molecule has 2 aliphatic rings. The third-order valence-corrected chi connectivity index (χ3v) is 4.50. The van der Waals surface area contributed by atoms with Crippen molar-refractivity contribution in [3.05, 3.63) is 16.1 Å². The molecule has 1 aromatic heterocycles. The molecule has 19 heavy (non-hydrogen) atoms. The summed E-state index contributed by atoms with van der Waals surface area (Å²) < 4.78 is 5.76. The van der Waals surface area contributed by atoms with Crippen LogP contribution in [0.3, 0.4) is 0 Å². The first-order chi connectivity index (χ1) is 9.19. The Morgan fingerprint density at radius 3 is 2.79 bits per heavy atom. The second-order valence-corrected chi connectivity index (χ2v) is 6.78. The molecular formula is C14H23N3OS. The van der Waals surface area contributed by atoms with Gasteiger partial charge < -0.3 is 10.1 Å². The number of rotatable bonds is 5. The van der Waals surface area contributed by atoms with E-state index in [1.165, 1.54) is 23.5 Å².